The van der Waals surface area contributed by atoms with E-state index in [1.807, 2.05) is 54.6 Å². The zero-order valence-electron chi connectivity index (χ0n) is 9.71. The molecule has 0 bridgehead atoms. The van der Waals surface area contributed by atoms with Crippen LogP contribution in [0.4, 0.5) is 0 Å². The minimum absolute atomic E-state index is 0.159. The molecule has 0 radical (unpaired) electrons. The molecule has 0 fully saturated rings. The molecule has 0 unspecified atom stereocenters. The number of benzene rings is 2. The molecule has 3 rings (SSSR count). The quantitative estimate of drug-likeness (QED) is 0.611. The molecule has 1 aliphatic rings. The highest BCUT2D eigenvalue weighted by atomic mass is 16.2. The molecule has 0 aliphatic carbocycles. The molecule has 2 aromatic carbocycles. The Bertz CT molecular complexity index is 632. The van der Waals surface area contributed by atoms with Gasteiger partial charge in [-0.1, -0.05) is 48.5 Å². The molecule has 0 aromatic heterocycles. The monoisotopic (exact) mass is 236 g/mol. The lowest BCUT2D eigenvalue weighted by molar-refractivity contribution is 0.0851. The van der Waals surface area contributed by atoms with Gasteiger partial charge in [0, 0.05) is 5.56 Å². The lowest BCUT2D eigenvalue weighted by Crippen LogP contribution is -2.30. The van der Waals surface area contributed by atoms with Gasteiger partial charge in [-0.2, -0.15) is 0 Å². The second-order valence-electron chi connectivity index (χ2n) is 4.16. The van der Waals surface area contributed by atoms with E-state index in [2.05, 4.69) is 0 Å². The van der Waals surface area contributed by atoms with Crippen molar-refractivity contribution in [2.45, 2.75) is 0 Å². The number of fused-ring (bicyclic) bond motifs is 1. The normalized spacial score (nSPS) is 16.2. The van der Waals surface area contributed by atoms with Crippen molar-refractivity contribution in [1.82, 2.24) is 5.01 Å². The number of hydrogen-bond acceptors (Lipinski definition) is 2. The number of hydrazine groups is 1. The van der Waals surface area contributed by atoms with Gasteiger partial charge in [-0.25, -0.2) is 10.9 Å². The highest BCUT2D eigenvalue weighted by molar-refractivity contribution is 6.11. The smallest absolute Gasteiger partial charge is 0.267 e. The fourth-order valence-corrected chi connectivity index (χ4v) is 2.12. The van der Waals surface area contributed by atoms with E-state index in [-0.39, 0.29) is 5.91 Å². The Morgan fingerprint density at radius 1 is 0.889 bits per heavy atom. The summed E-state index contributed by atoms with van der Waals surface area (Å²) in [6.07, 6.45) is 1.92. The second-order valence-corrected chi connectivity index (χ2v) is 4.16. The van der Waals surface area contributed by atoms with E-state index < -0.39 is 0 Å². The predicted molar refractivity (Wildman–Crippen MR) is 71.1 cm³/mol. The van der Waals surface area contributed by atoms with Crippen LogP contribution >= 0.6 is 0 Å². The largest absolute Gasteiger partial charge is 0.273 e. The van der Waals surface area contributed by atoms with Crippen LogP contribution in [0.3, 0.4) is 0 Å². The van der Waals surface area contributed by atoms with Crippen molar-refractivity contribution in [2.24, 2.45) is 5.84 Å². The fraction of sp³-hybridized carbons (Fsp3) is 0. The first-order valence-corrected chi connectivity index (χ1v) is 5.72. The SMILES string of the molecule is NN1C(=O)c2ccccc2/C1=C/c1ccccc1. The Labute approximate surface area is 105 Å². The molecule has 1 aliphatic heterocycles. The van der Waals surface area contributed by atoms with Crippen molar-refractivity contribution in [2.75, 3.05) is 0 Å². The Kier molecular flexibility index (Phi) is 2.46. The van der Waals surface area contributed by atoms with E-state index in [1.54, 1.807) is 6.07 Å². The average Bonchev–Trinajstić information content (AvgIpc) is 2.66. The first kappa shape index (κ1) is 10.7. The number of carbonyl (C=O) groups excluding carboxylic acids is 1. The van der Waals surface area contributed by atoms with Gasteiger partial charge in [-0.05, 0) is 17.7 Å². The number of carbonyl (C=O) groups is 1. The summed E-state index contributed by atoms with van der Waals surface area (Å²) in [5.74, 6) is 5.68. The van der Waals surface area contributed by atoms with Crippen LogP contribution in [0.25, 0.3) is 11.8 Å². The summed E-state index contributed by atoms with van der Waals surface area (Å²) in [6.45, 7) is 0. The summed E-state index contributed by atoms with van der Waals surface area (Å²) in [5, 5.41) is 1.21. The van der Waals surface area contributed by atoms with E-state index in [0.717, 1.165) is 16.8 Å². The number of rotatable bonds is 1. The van der Waals surface area contributed by atoms with Crippen LogP contribution in [-0.4, -0.2) is 10.9 Å². The second kappa shape index (κ2) is 4.13. The highest BCUT2D eigenvalue weighted by Gasteiger charge is 2.29. The summed E-state index contributed by atoms with van der Waals surface area (Å²) in [5.41, 5.74) is 3.30. The fourth-order valence-electron chi connectivity index (χ4n) is 2.12. The van der Waals surface area contributed by atoms with Crippen LogP contribution in [0.5, 0.6) is 0 Å². The minimum atomic E-state index is -0.159. The van der Waals surface area contributed by atoms with Gasteiger partial charge >= 0.3 is 0 Å². The molecule has 0 saturated carbocycles. The van der Waals surface area contributed by atoms with Gasteiger partial charge in [0.2, 0.25) is 0 Å². The highest BCUT2D eigenvalue weighted by Crippen LogP contribution is 2.31. The molecule has 2 N–H and O–H groups in total. The summed E-state index contributed by atoms with van der Waals surface area (Å²) in [6, 6.07) is 17.3. The molecule has 3 nitrogen and oxygen atoms in total. The van der Waals surface area contributed by atoms with Crippen molar-refractivity contribution in [3.8, 4) is 0 Å². The molecule has 3 heteroatoms. The van der Waals surface area contributed by atoms with Crippen LogP contribution < -0.4 is 5.84 Å². The van der Waals surface area contributed by atoms with Gasteiger partial charge in [0.25, 0.3) is 5.91 Å². The molecule has 0 atom stereocenters. The Balaban J connectivity index is 2.14. The third-order valence-electron chi connectivity index (χ3n) is 3.01. The van der Waals surface area contributed by atoms with Crippen molar-refractivity contribution >= 4 is 17.7 Å². The molecular weight excluding hydrogens is 224 g/mol. The van der Waals surface area contributed by atoms with Crippen LogP contribution in [0.2, 0.25) is 0 Å². The van der Waals surface area contributed by atoms with E-state index in [9.17, 15) is 4.79 Å². The third kappa shape index (κ3) is 1.61. The van der Waals surface area contributed by atoms with Crippen LogP contribution in [0.1, 0.15) is 21.5 Å². The summed E-state index contributed by atoms with van der Waals surface area (Å²) < 4.78 is 0. The van der Waals surface area contributed by atoms with Crippen molar-refractivity contribution in [1.29, 1.82) is 0 Å². The van der Waals surface area contributed by atoms with Crippen LogP contribution in [0, 0.1) is 0 Å². The molecule has 0 spiro atoms. The first-order valence-electron chi connectivity index (χ1n) is 5.72. The molecule has 2 aromatic rings. The number of amides is 1. The van der Waals surface area contributed by atoms with Gasteiger partial charge in [-0.15, -0.1) is 0 Å². The standard InChI is InChI=1S/C15H12N2O/c16-17-14(10-11-6-2-1-3-7-11)12-8-4-5-9-13(12)15(17)18/h1-10H,16H2/b14-10-. The van der Waals surface area contributed by atoms with Gasteiger partial charge in [0.05, 0.1) is 11.3 Å². The van der Waals surface area contributed by atoms with Gasteiger partial charge in [0.15, 0.2) is 0 Å². The van der Waals surface area contributed by atoms with Crippen molar-refractivity contribution in [3.63, 3.8) is 0 Å². The lowest BCUT2D eigenvalue weighted by Gasteiger charge is -2.10. The number of hydrogen-bond donors (Lipinski definition) is 1. The Morgan fingerprint density at radius 2 is 1.50 bits per heavy atom. The summed E-state index contributed by atoms with van der Waals surface area (Å²) >= 11 is 0. The molecular formula is C15H12N2O. The Hall–Kier alpha value is -2.39. The zero-order chi connectivity index (χ0) is 12.5. The zero-order valence-corrected chi connectivity index (χ0v) is 9.71. The van der Waals surface area contributed by atoms with Crippen molar-refractivity contribution < 1.29 is 4.79 Å². The van der Waals surface area contributed by atoms with E-state index in [1.165, 1.54) is 5.01 Å². The van der Waals surface area contributed by atoms with Gasteiger partial charge in [-0.3, -0.25) is 4.79 Å². The predicted octanol–water partition coefficient (Wildman–Crippen LogP) is 2.51. The minimum Gasteiger partial charge on any atom is -0.267 e. The van der Waals surface area contributed by atoms with Crippen LogP contribution in [-0.2, 0) is 0 Å². The topological polar surface area (TPSA) is 46.3 Å². The molecule has 0 saturated heterocycles. The third-order valence-corrected chi connectivity index (χ3v) is 3.01. The molecule has 18 heavy (non-hydrogen) atoms. The lowest BCUT2D eigenvalue weighted by atomic mass is 10.1. The molecule has 1 heterocycles. The molecule has 1 amide bonds. The van der Waals surface area contributed by atoms with E-state index in [4.69, 9.17) is 5.84 Å². The van der Waals surface area contributed by atoms with Crippen molar-refractivity contribution in [3.05, 3.63) is 71.3 Å². The van der Waals surface area contributed by atoms with E-state index >= 15 is 0 Å². The summed E-state index contributed by atoms with van der Waals surface area (Å²) in [4.78, 5) is 12.0. The van der Waals surface area contributed by atoms with E-state index in [0.29, 0.717) is 5.56 Å². The maximum absolute atomic E-state index is 12.0. The van der Waals surface area contributed by atoms with Crippen LogP contribution in [0.15, 0.2) is 54.6 Å². The Morgan fingerprint density at radius 3 is 2.22 bits per heavy atom. The van der Waals surface area contributed by atoms with Gasteiger partial charge in [0.1, 0.15) is 0 Å². The number of nitrogens with zero attached hydrogens (tertiary/aromatic N) is 1. The molecule has 88 valence electrons. The average molecular weight is 236 g/mol. The summed E-state index contributed by atoms with van der Waals surface area (Å²) in [7, 11) is 0. The maximum atomic E-state index is 12.0. The maximum Gasteiger partial charge on any atom is 0.273 e. The van der Waals surface area contributed by atoms with Gasteiger partial charge < -0.3 is 0 Å². The first-order chi connectivity index (χ1) is 8.77. The number of nitrogens with two attached hydrogens (primary N) is 1.